The van der Waals surface area contributed by atoms with Crippen molar-refractivity contribution >= 4 is 5.91 Å². The van der Waals surface area contributed by atoms with E-state index in [2.05, 4.69) is 0 Å². The summed E-state index contributed by atoms with van der Waals surface area (Å²) in [6.07, 6.45) is 1.93. The lowest BCUT2D eigenvalue weighted by Gasteiger charge is -2.24. The van der Waals surface area contributed by atoms with Crippen molar-refractivity contribution in [1.82, 2.24) is 4.90 Å². The van der Waals surface area contributed by atoms with Crippen LogP contribution in [0.15, 0.2) is 36.4 Å². The van der Waals surface area contributed by atoms with Crippen molar-refractivity contribution in [2.75, 3.05) is 14.2 Å². The Balaban J connectivity index is 1.89. The number of hydrogen-bond donors (Lipinski definition) is 0. The van der Waals surface area contributed by atoms with Crippen molar-refractivity contribution in [2.45, 2.75) is 32.4 Å². The highest BCUT2D eigenvalue weighted by Crippen LogP contribution is 2.33. The third-order valence-electron chi connectivity index (χ3n) is 4.50. The molecule has 5 heteroatoms. The number of benzene rings is 2. The van der Waals surface area contributed by atoms with E-state index in [1.165, 1.54) is 6.07 Å². The molecule has 1 saturated carbocycles. The molecular weight excluding hydrogens is 321 g/mol. The lowest BCUT2D eigenvalue weighted by Crippen LogP contribution is -2.32. The molecule has 0 bridgehead atoms. The van der Waals surface area contributed by atoms with Gasteiger partial charge in [0, 0.05) is 17.2 Å². The quantitative estimate of drug-likeness (QED) is 0.797. The van der Waals surface area contributed by atoms with Crippen molar-refractivity contribution in [3.63, 3.8) is 0 Å². The maximum atomic E-state index is 13.9. The van der Waals surface area contributed by atoms with Gasteiger partial charge >= 0.3 is 0 Å². The second kappa shape index (κ2) is 7.13. The highest BCUT2D eigenvalue weighted by Gasteiger charge is 2.33. The van der Waals surface area contributed by atoms with Crippen molar-refractivity contribution in [1.29, 1.82) is 0 Å². The molecule has 25 heavy (non-hydrogen) atoms. The molecule has 3 rings (SSSR count). The van der Waals surface area contributed by atoms with E-state index < -0.39 is 0 Å². The average Bonchev–Trinajstić information content (AvgIpc) is 3.46. The SMILES string of the molecule is COc1ccc(OC)c(CN(C(=O)c2ccc(C)c(F)c2)C2CC2)c1. The number of methoxy groups -OCH3 is 2. The molecule has 0 unspecified atom stereocenters. The minimum absolute atomic E-state index is 0.161. The molecule has 0 atom stereocenters. The fourth-order valence-corrected chi connectivity index (χ4v) is 2.83. The third kappa shape index (κ3) is 3.76. The molecule has 0 aliphatic heterocycles. The van der Waals surface area contributed by atoms with Crippen molar-refractivity contribution < 1.29 is 18.7 Å². The Hall–Kier alpha value is -2.56. The van der Waals surface area contributed by atoms with Gasteiger partial charge in [-0.1, -0.05) is 6.07 Å². The summed E-state index contributed by atoms with van der Waals surface area (Å²) in [4.78, 5) is 14.7. The molecule has 1 fully saturated rings. The van der Waals surface area contributed by atoms with Crippen LogP contribution in [0.4, 0.5) is 4.39 Å². The van der Waals surface area contributed by atoms with E-state index in [0.29, 0.717) is 29.2 Å². The van der Waals surface area contributed by atoms with Gasteiger partial charge in [-0.15, -0.1) is 0 Å². The minimum atomic E-state index is -0.361. The van der Waals surface area contributed by atoms with Gasteiger partial charge in [-0.05, 0) is 55.7 Å². The summed E-state index contributed by atoms with van der Waals surface area (Å²) in [7, 11) is 3.20. The van der Waals surface area contributed by atoms with Gasteiger partial charge in [-0.25, -0.2) is 4.39 Å². The molecule has 0 heterocycles. The molecule has 0 spiro atoms. The molecule has 1 aliphatic carbocycles. The standard InChI is InChI=1S/C20H22FNO3/c1-13-4-5-14(11-18(13)21)20(23)22(16-6-7-16)12-15-10-17(24-2)8-9-19(15)25-3/h4-5,8-11,16H,6-7,12H2,1-3H3. The van der Waals surface area contributed by atoms with E-state index in [1.54, 1.807) is 38.2 Å². The number of nitrogens with zero attached hydrogens (tertiary/aromatic N) is 1. The largest absolute Gasteiger partial charge is 0.497 e. The highest BCUT2D eigenvalue weighted by atomic mass is 19.1. The number of rotatable bonds is 6. The van der Waals surface area contributed by atoms with Gasteiger partial charge < -0.3 is 14.4 Å². The van der Waals surface area contributed by atoms with Gasteiger partial charge in [-0.2, -0.15) is 0 Å². The topological polar surface area (TPSA) is 38.8 Å². The number of amides is 1. The molecule has 1 aliphatic rings. The molecule has 0 radical (unpaired) electrons. The Kier molecular flexibility index (Phi) is 4.93. The Morgan fingerprint density at radius 3 is 2.52 bits per heavy atom. The van der Waals surface area contributed by atoms with E-state index in [-0.39, 0.29) is 17.8 Å². The van der Waals surface area contributed by atoms with Gasteiger partial charge in [0.1, 0.15) is 17.3 Å². The summed E-state index contributed by atoms with van der Waals surface area (Å²) in [5.74, 6) is 0.890. The summed E-state index contributed by atoms with van der Waals surface area (Å²) in [5, 5.41) is 0. The van der Waals surface area contributed by atoms with Gasteiger partial charge in [0.25, 0.3) is 5.91 Å². The first-order chi connectivity index (χ1) is 12.0. The van der Waals surface area contributed by atoms with Crippen LogP contribution in [0, 0.1) is 12.7 Å². The Bertz CT molecular complexity index is 787. The summed E-state index contributed by atoms with van der Waals surface area (Å²) >= 11 is 0. The van der Waals surface area contributed by atoms with Crippen LogP contribution in [0.1, 0.15) is 34.3 Å². The average molecular weight is 343 g/mol. The molecule has 132 valence electrons. The predicted molar refractivity (Wildman–Crippen MR) is 93.6 cm³/mol. The van der Waals surface area contributed by atoms with Crippen LogP contribution in [-0.4, -0.2) is 31.1 Å². The molecule has 4 nitrogen and oxygen atoms in total. The summed E-state index contributed by atoms with van der Waals surface area (Å²) in [6, 6.07) is 10.3. The van der Waals surface area contributed by atoms with Crippen LogP contribution in [0.5, 0.6) is 11.5 Å². The second-order valence-electron chi connectivity index (χ2n) is 6.31. The smallest absolute Gasteiger partial charge is 0.254 e. The number of carbonyl (C=O) groups excluding carboxylic acids is 1. The van der Waals surface area contributed by atoms with Crippen LogP contribution < -0.4 is 9.47 Å². The first kappa shape index (κ1) is 17.3. The fourth-order valence-electron chi connectivity index (χ4n) is 2.83. The molecule has 2 aromatic carbocycles. The summed E-state index contributed by atoms with van der Waals surface area (Å²) < 4.78 is 24.5. The van der Waals surface area contributed by atoms with Crippen LogP contribution in [-0.2, 0) is 6.54 Å². The highest BCUT2D eigenvalue weighted by molar-refractivity contribution is 5.94. The Morgan fingerprint density at radius 1 is 1.16 bits per heavy atom. The molecule has 1 amide bonds. The maximum Gasteiger partial charge on any atom is 0.254 e. The summed E-state index contributed by atoms with van der Waals surface area (Å²) in [6.45, 7) is 2.09. The molecule has 0 N–H and O–H groups in total. The normalized spacial score (nSPS) is 13.4. The number of carbonyl (C=O) groups is 1. The lowest BCUT2D eigenvalue weighted by molar-refractivity contribution is 0.0728. The zero-order valence-corrected chi connectivity index (χ0v) is 14.7. The van der Waals surface area contributed by atoms with E-state index in [1.807, 2.05) is 18.2 Å². The molecule has 0 saturated heterocycles. The number of aryl methyl sites for hydroxylation is 1. The van der Waals surface area contributed by atoms with Crippen molar-refractivity contribution in [3.05, 3.63) is 58.9 Å². The summed E-state index contributed by atoms with van der Waals surface area (Å²) in [5.41, 5.74) is 1.77. The number of hydrogen-bond acceptors (Lipinski definition) is 3. The van der Waals surface area contributed by atoms with E-state index in [0.717, 1.165) is 18.4 Å². The first-order valence-corrected chi connectivity index (χ1v) is 8.31. The van der Waals surface area contributed by atoms with Gasteiger partial charge in [0.15, 0.2) is 0 Å². The third-order valence-corrected chi connectivity index (χ3v) is 4.50. The second-order valence-corrected chi connectivity index (χ2v) is 6.31. The van der Waals surface area contributed by atoms with E-state index in [4.69, 9.17) is 9.47 Å². The first-order valence-electron chi connectivity index (χ1n) is 8.31. The maximum absolute atomic E-state index is 13.9. The fraction of sp³-hybridized carbons (Fsp3) is 0.350. The van der Waals surface area contributed by atoms with Gasteiger partial charge in [-0.3, -0.25) is 4.79 Å². The minimum Gasteiger partial charge on any atom is -0.497 e. The zero-order chi connectivity index (χ0) is 18.0. The number of halogens is 1. The lowest BCUT2D eigenvalue weighted by atomic mass is 10.1. The zero-order valence-electron chi connectivity index (χ0n) is 14.7. The van der Waals surface area contributed by atoms with E-state index in [9.17, 15) is 9.18 Å². The number of ether oxygens (including phenoxy) is 2. The monoisotopic (exact) mass is 343 g/mol. The van der Waals surface area contributed by atoms with Crippen LogP contribution in [0.2, 0.25) is 0 Å². The molecular formula is C20H22FNO3. The van der Waals surface area contributed by atoms with Crippen LogP contribution in [0.3, 0.4) is 0 Å². The van der Waals surface area contributed by atoms with Crippen LogP contribution >= 0.6 is 0 Å². The predicted octanol–water partition coefficient (Wildman–Crippen LogP) is 3.96. The van der Waals surface area contributed by atoms with Gasteiger partial charge in [0.2, 0.25) is 0 Å². The Labute approximate surface area is 147 Å². The molecule has 2 aromatic rings. The molecule has 0 aromatic heterocycles. The van der Waals surface area contributed by atoms with Crippen molar-refractivity contribution in [2.24, 2.45) is 0 Å². The Morgan fingerprint density at radius 2 is 1.92 bits per heavy atom. The van der Waals surface area contributed by atoms with Crippen molar-refractivity contribution in [3.8, 4) is 11.5 Å². The van der Waals surface area contributed by atoms with Gasteiger partial charge in [0.05, 0.1) is 20.8 Å². The van der Waals surface area contributed by atoms with E-state index >= 15 is 0 Å². The van der Waals surface area contributed by atoms with Crippen LogP contribution in [0.25, 0.3) is 0 Å².